The average Bonchev–Trinajstić information content (AvgIpc) is 2.73. The number of benzene rings is 2. The summed E-state index contributed by atoms with van der Waals surface area (Å²) < 4.78 is 26.1. The number of sulfonamides is 1. The summed E-state index contributed by atoms with van der Waals surface area (Å²) in [7, 11) is -2.26. The number of likely N-dealkylation sites (N-methyl/N-ethyl adjacent to an activating group) is 1. The van der Waals surface area contributed by atoms with Crippen molar-refractivity contribution < 1.29 is 13.2 Å². The van der Waals surface area contributed by atoms with Crippen molar-refractivity contribution in [3.63, 3.8) is 0 Å². The van der Waals surface area contributed by atoms with Gasteiger partial charge in [-0.15, -0.1) is 0 Å². The first kappa shape index (κ1) is 21.3. The molecule has 156 valence electrons. The second-order valence-corrected chi connectivity index (χ2v) is 9.76. The minimum Gasteiger partial charge on any atom is -0.371 e. The molecule has 1 amide bonds. The van der Waals surface area contributed by atoms with E-state index >= 15 is 0 Å². The van der Waals surface area contributed by atoms with E-state index < -0.39 is 10.0 Å². The first-order chi connectivity index (χ1) is 13.9. The Morgan fingerprint density at radius 1 is 1.14 bits per heavy atom. The van der Waals surface area contributed by atoms with Crippen molar-refractivity contribution in [1.29, 1.82) is 0 Å². The molecule has 1 atom stereocenters. The molecule has 1 saturated heterocycles. The summed E-state index contributed by atoms with van der Waals surface area (Å²) in [5.74, 6) is 0.382. The lowest BCUT2D eigenvalue weighted by atomic mass is 9.99. The fourth-order valence-corrected chi connectivity index (χ4v) is 4.71. The maximum atomic E-state index is 12.5. The molecule has 0 bridgehead atoms. The van der Waals surface area contributed by atoms with Crippen molar-refractivity contribution in [3.05, 3.63) is 60.2 Å². The Hall–Kier alpha value is -2.38. The Bertz CT molecular complexity index is 914. The maximum Gasteiger partial charge on any atom is 0.243 e. The molecule has 7 heteroatoms. The quantitative estimate of drug-likeness (QED) is 0.755. The summed E-state index contributed by atoms with van der Waals surface area (Å²) in [6.07, 6.45) is 2.51. The monoisotopic (exact) mass is 415 g/mol. The lowest BCUT2D eigenvalue weighted by Gasteiger charge is -2.32. The number of carbonyl (C=O) groups excluding carboxylic acids is 1. The normalized spacial score (nSPS) is 17.3. The Morgan fingerprint density at radius 3 is 2.48 bits per heavy atom. The fraction of sp³-hybridized carbons (Fsp3) is 0.409. The van der Waals surface area contributed by atoms with Gasteiger partial charge in [-0.2, -0.15) is 4.31 Å². The van der Waals surface area contributed by atoms with Gasteiger partial charge in [0, 0.05) is 32.4 Å². The van der Waals surface area contributed by atoms with Gasteiger partial charge in [0.25, 0.3) is 0 Å². The van der Waals surface area contributed by atoms with Gasteiger partial charge in [0.15, 0.2) is 0 Å². The number of carbonyl (C=O) groups is 1. The highest BCUT2D eigenvalue weighted by atomic mass is 32.2. The minimum atomic E-state index is -3.67. The highest BCUT2D eigenvalue weighted by Gasteiger charge is 2.22. The number of nitrogens with one attached hydrogen (secondary N) is 1. The summed E-state index contributed by atoms with van der Waals surface area (Å²) in [6.45, 7) is 4.60. The van der Waals surface area contributed by atoms with Crippen LogP contribution in [-0.2, 0) is 21.4 Å². The van der Waals surface area contributed by atoms with Crippen LogP contribution in [0.25, 0.3) is 0 Å². The summed E-state index contributed by atoms with van der Waals surface area (Å²) in [5.41, 5.74) is 2.20. The average molecular weight is 416 g/mol. The zero-order valence-electron chi connectivity index (χ0n) is 17.0. The molecule has 3 rings (SSSR count). The number of piperidine rings is 1. The van der Waals surface area contributed by atoms with E-state index in [1.807, 2.05) is 12.1 Å². The van der Waals surface area contributed by atoms with Crippen LogP contribution in [0.15, 0.2) is 59.5 Å². The van der Waals surface area contributed by atoms with E-state index in [9.17, 15) is 13.2 Å². The number of hydrogen-bond acceptors (Lipinski definition) is 4. The van der Waals surface area contributed by atoms with E-state index in [1.165, 1.54) is 37.7 Å². The van der Waals surface area contributed by atoms with E-state index in [4.69, 9.17) is 0 Å². The molecule has 0 aliphatic carbocycles. The van der Waals surface area contributed by atoms with Crippen LogP contribution >= 0.6 is 0 Å². The first-order valence-electron chi connectivity index (χ1n) is 9.98. The van der Waals surface area contributed by atoms with Gasteiger partial charge in [0.1, 0.15) is 0 Å². The van der Waals surface area contributed by atoms with Crippen LogP contribution in [0.3, 0.4) is 0 Å². The van der Waals surface area contributed by atoms with Crippen LogP contribution in [0.1, 0.15) is 25.3 Å². The summed E-state index contributed by atoms with van der Waals surface area (Å²) in [6, 6.07) is 16.3. The first-order valence-corrected chi connectivity index (χ1v) is 11.4. The second-order valence-electron chi connectivity index (χ2n) is 7.71. The molecule has 0 radical (unpaired) electrons. The predicted octanol–water partition coefficient (Wildman–Crippen LogP) is 2.86. The van der Waals surface area contributed by atoms with Gasteiger partial charge in [0.2, 0.25) is 15.9 Å². The van der Waals surface area contributed by atoms with Crippen LogP contribution in [0, 0.1) is 5.92 Å². The van der Waals surface area contributed by atoms with Crippen molar-refractivity contribution in [2.75, 3.05) is 31.6 Å². The van der Waals surface area contributed by atoms with Gasteiger partial charge in [-0.1, -0.05) is 37.3 Å². The van der Waals surface area contributed by atoms with E-state index in [0.717, 1.165) is 23.0 Å². The molecule has 0 spiro atoms. The molecule has 0 saturated carbocycles. The summed E-state index contributed by atoms with van der Waals surface area (Å²) >= 11 is 0. The third-order valence-electron chi connectivity index (χ3n) is 5.27. The Balaban J connectivity index is 1.51. The molecule has 2 aromatic rings. The number of amides is 1. The van der Waals surface area contributed by atoms with Crippen LogP contribution in [-0.4, -0.2) is 45.3 Å². The van der Waals surface area contributed by atoms with Crippen molar-refractivity contribution in [1.82, 2.24) is 9.62 Å². The standard InChI is InChI=1S/C22H29N3O3S/c1-18-7-6-14-25(16-18)20-12-10-19(11-13-20)15-23-22(26)17-24(2)29(27,28)21-8-4-3-5-9-21/h3-5,8-13,18H,6-7,14-17H2,1-2H3,(H,23,26)/t18-/m1/s1. The molecule has 6 nitrogen and oxygen atoms in total. The third kappa shape index (κ3) is 5.58. The van der Waals surface area contributed by atoms with Crippen molar-refractivity contribution in [2.45, 2.75) is 31.2 Å². The molecule has 2 aromatic carbocycles. The predicted molar refractivity (Wildman–Crippen MR) is 115 cm³/mol. The topological polar surface area (TPSA) is 69.7 Å². The molecular weight excluding hydrogens is 386 g/mol. The summed E-state index contributed by atoms with van der Waals surface area (Å²) in [4.78, 5) is 14.8. The molecule has 1 aliphatic rings. The van der Waals surface area contributed by atoms with Crippen LogP contribution in [0.2, 0.25) is 0 Å². The van der Waals surface area contributed by atoms with E-state index in [2.05, 4.69) is 29.3 Å². The van der Waals surface area contributed by atoms with Gasteiger partial charge in [0.05, 0.1) is 11.4 Å². The lowest BCUT2D eigenvalue weighted by Crippen LogP contribution is -2.38. The van der Waals surface area contributed by atoms with Gasteiger partial charge < -0.3 is 10.2 Å². The molecule has 1 aliphatic heterocycles. The van der Waals surface area contributed by atoms with Gasteiger partial charge >= 0.3 is 0 Å². The van der Waals surface area contributed by atoms with Crippen LogP contribution in [0.4, 0.5) is 5.69 Å². The van der Waals surface area contributed by atoms with Gasteiger partial charge in [-0.3, -0.25) is 4.79 Å². The molecule has 0 aromatic heterocycles. The molecule has 1 heterocycles. The third-order valence-corrected chi connectivity index (χ3v) is 7.08. The highest BCUT2D eigenvalue weighted by Crippen LogP contribution is 2.23. The number of rotatable bonds is 7. The smallest absolute Gasteiger partial charge is 0.243 e. The maximum absolute atomic E-state index is 12.5. The largest absolute Gasteiger partial charge is 0.371 e. The minimum absolute atomic E-state index is 0.179. The lowest BCUT2D eigenvalue weighted by molar-refractivity contribution is -0.121. The zero-order valence-corrected chi connectivity index (χ0v) is 17.9. The van der Waals surface area contributed by atoms with Crippen molar-refractivity contribution in [2.24, 2.45) is 5.92 Å². The Morgan fingerprint density at radius 2 is 1.83 bits per heavy atom. The SMILES string of the molecule is C[C@@H]1CCCN(c2ccc(CNC(=O)CN(C)S(=O)(=O)c3ccccc3)cc2)C1. The molecule has 0 unspecified atom stereocenters. The number of hydrogen-bond donors (Lipinski definition) is 1. The van der Waals surface area contributed by atoms with Gasteiger partial charge in [-0.25, -0.2) is 8.42 Å². The fourth-order valence-electron chi connectivity index (χ4n) is 3.56. The Kier molecular flexibility index (Phi) is 6.92. The van der Waals surface area contributed by atoms with Crippen LogP contribution in [0.5, 0.6) is 0 Å². The zero-order chi connectivity index (χ0) is 20.9. The molecule has 1 fully saturated rings. The van der Waals surface area contributed by atoms with E-state index in [1.54, 1.807) is 18.2 Å². The van der Waals surface area contributed by atoms with Crippen molar-refractivity contribution in [3.8, 4) is 0 Å². The van der Waals surface area contributed by atoms with E-state index in [-0.39, 0.29) is 17.3 Å². The second kappa shape index (κ2) is 9.41. The van der Waals surface area contributed by atoms with Crippen molar-refractivity contribution >= 4 is 21.6 Å². The summed E-state index contributed by atoms with van der Waals surface area (Å²) in [5, 5.41) is 2.80. The van der Waals surface area contributed by atoms with Crippen LogP contribution < -0.4 is 10.2 Å². The van der Waals surface area contributed by atoms with Gasteiger partial charge in [-0.05, 0) is 48.6 Å². The van der Waals surface area contributed by atoms with E-state index in [0.29, 0.717) is 12.5 Å². The Labute approximate surface area is 173 Å². The molecule has 1 N–H and O–H groups in total. The highest BCUT2D eigenvalue weighted by molar-refractivity contribution is 7.89. The number of anilines is 1. The number of nitrogens with zero attached hydrogens (tertiary/aromatic N) is 2. The molecular formula is C22H29N3O3S. The molecule has 29 heavy (non-hydrogen) atoms.